The van der Waals surface area contributed by atoms with Gasteiger partial charge in [-0.3, -0.25) is 4.79 Å². The van der Waals surface area contributed by atoms with Gasteiger partial charge in [-0.15, -0.1) is 0 Å². The van der Waals surface area contributed by atoms with Crippen LogP contribution in [-0.4, -0.2) is 28.9 Å². The molecule has 0 aromatic heterocycles. The number of carbonyl (C=O) groups excluding carboxylic acids is 1. The van der Waals surface area contributed by atoms with Crippen LogP contribution in [0.25, 0.3) is 0 Å². The lowest BCUT2D eigenvalue weighted by Gasteiger charge is -2.43. The van der Waals surface area contributed by atoms with E-state index >= 15 is 0 Å². The number of benzene rings is 1. The molecule has 28 heavy (non-hydrogen) atoms. The van der Waals surface area contributed by atoms with Crippen LogP contribution in [0.2, 0.25) is 0 Å². The van der Waals surface area contributed by atoms with Gasteiger partial charge in [-0.2, -0.15) is 0 Å². The summed E-state index contributed by atoms with van der Waals surface area (Å²) in [6.45, 7) is 9.84. The number of aromatic hydroxyl groups is 1. The summed E-state index contributed by atoms with van der Waals surface area (Å²) >= 11 is 0. The fourth-order valence-corrected chi connectivity index (χ4v) is 4.04. The summed E-state index contributed by atoms with van der Waals surface area (Å²) in [6.07, 6.45) is 3.99. The summed E-state index contributed by atoms with van der Waals surface area (Å²) in [4.78, 5) is 12.0. The van der Waals surface area contributed by atoms with Gasteiger partial charge in [0.15, 0.2) is 0 Å². The van der Waals surface area contributed by atoms with Crippen LogP contribution in [0, 0.1) is 0 Å². The number of carbonyl (C=O) groups is 1. The maximum atomic E-state index is 12.0. The predicted octanol–water partition coefficient (Wildman–Crippen LogP) is 4.95. The SMILES string of the molecule is [2H]C1C(C)(C)Oc2cc(C(C)(C)CCCCCC)cc(O)c2C1(O)CC(=O)OC. The molecule has 0 fully saturated rings. The molecule has 1 aliphatic heterocycles. The number of phenols is 1. The van der Waals surface area contributed by atoms with Crippen LogP contribution in [-0.2, 0) is 20.5 Å². The summed E-state index contributed by atoms with van der Waals surface area (Å²) < 4.78 is 19.3. The van der Waals surface area contributed by atoms with Gasteiger partial charge in [-0.05, 0) is 43.4 Å². The lowest BCUT2D eigenvalue weighted by atomic mass is 9.74. The molecule has 0 radical (unpaired) electrons. The number of methoxy groups -OCH3 is 1. The molecule has 0 bridgehead atoms. The zero-order valence-electron chi connectivity index (χ0n) is 19.1. The quantitative estimate of drug-likeness (QED) is 0.483. The molecule has 0 amide bonds. The molecule has 1 heterocycles. The van der Waals surface area contributed by atoms with Gasteiger partial charge in [0.05, 0.1) is 19.1 Å². The van der Waals surface area contributed by atoms with Gasteiger partial charge < -0.3 is 19.7 Å². The second-order valence-corrected chi connectivity index (χ2v) is 9.09. The number of hydrogen-bond donors (Lipinski definition) is 2. The molecule has 2 atom stereocenters. The van der Waals surface area contributed by atoms with Crippen LogP contribution < -0.4 is 4.74 Å². The van der Waals surface area contributed by atoms with E-state index in [0.29, 0.717) is 5.75 Å². The van der Waals surface area contributed by atoms with Crippen molar-refractivity contribution in [1.82, 2.24) is 0 Å². The smallest absolute Gasteiger partial charge is 0.308 e. The number of fused-ring (bicyclic) bond motifs is 1. The van der Waals surface area contributed by atoms with Crippen LogP contribution in [0.5, 0.6) is 11.5 Å². The molecule has 2 rings (SSSR count). The van der Waals surface area contributed by atoms with Crippen LogP contribution in [0.1, 0.15) is 92.0 Å². The average molecular weight is 394 g/mol. The molecular weight excluding hydrogens is 356 g/mol. The first-order valence-corrected chi connectivity index (χ1v) is 10.2. The Hall–Kier alpha value is -1.75. The normalized spacial score (nSPS) is 24.1. The summed E-state index contributed by atoms with van der Waals surface area (Å²) in [7, 11) is 1.24. The molecule has 0 aliphatic carbocycles. The second kappa shape index (κ2) is 8.32. The highest BCUT2D eigenvalue weighted by Gasteiger charge is 2.48. The highest BCUT2D eigenvalue weighted by molar-refractivity contribution is 5.72. The Balaban J connectivity index is 2.49. The third-order valence-corrected chi connectivity index (χ3v) is 5.55. The van der Waals surface area contributed by atoms with Gasteiger partial charge in [0.25, 0.3) is 0 Å². The highest BCUT2D eigenvalue weighted by atomic mass is 16.5. The van der Waals surface area contributed by atoms with Crippen molar-refractivity contribution in [1.29, 1.82) is 0 Å². The average Bonchev–Trinajstić information content (AvgIpc) is 2.62. The number of rotatable bonds is 8. The minimum Gasteiger partial charge on any atom is -0.507 e. The Bertz CT molecular complexity index is 743. The molecule has 1 aliphatic rings. The first-order chi connectivity index (χ1) is 13.4. The van der Waals surface area contributed by atoms with Crippen molar-refractivity contribution in [3.63, 3.8) is 0 Å². The van der Waals surface area contributed by atoms with E-state index in [1.54, 1.807) is 19.9 Å². The Morgan fingerprint density at radius 1 is 1.32 bits per heavy atom. The third-order valence-electron chi connectivity index (χ3n) is 5.55. The topological polar surface area (TPSA) is 76.0 Å². The monoisotopic (exact) mass is 393 g/mol. The highest BCUT2D eigenvalue weighted by Crippen LogP contribution is 2.51. The van der Waals surface area contributed by atoms with E-state index in [9.17, 15) is 15.0 Å². The maximum absolute atomic E-state index is 12.0. The summed E-state index contributed by atoms with van der Waals surface area (Å²) in [6, 6.07) is 3.47. The standard InChI is InChI=1S/C23H36O5/c1-7-8-9-10-11-21(2,3)16-12-17(24)20-18(13-16)28-22(4,5)15-23(20,26)14-19(25)27-6/h12-13,24,26H,7-11,14-15H2,1-6H3/i15D. The van der Waals surface area contributed by atoms with Crippen LogP contribution in [0.3, 0.4) is 0 Å². The summed E-state index contributed by atoms with van der Waals surface area (Å²) in [5.74, 6) is -0.479. The predicted molar refractivity (Wildman–Crippen MR) is 110 cm³/mol. The van der Waals surface area contributed by atoms with Crippen molar-refractivity contribution < 1.29 is 25.9 Å². The molecule has 0 spiro atoms. The molecule has 0 saturated carbocycles. The Labute approximate surface area is 170 Å². The van der Waals surface area contributed by atoms with Crippen molar-refractivity contribution in [2.45, 2.75) is 96.2 Å². The second-order valence-electron chi connectivity index (χ2n) is 9.09. The maximum Gasteiger partial charge on any atom is 0.308 e. The lowest BCUT2D eigenvalue weighted by Crippen LogP contribution is -2.45. The number of aliphatic hydroxyl groups is 1. The number of hydrogen-bond acceptors (Lipinski definition) is 5. The molecule has 158 valence electrons. The number of phenolic OH excluding ortho intramolecular Hbond substituents is 1. The van der Waals surface area contributed by atoms with Crippen molar-refractivity contribution in [2.24, 2.45) is 0 Å². The molecule has 1 aromatic rings. The van der Waals surface area contributed by atoms with E-state index in [1.807, 2.05) is 6.07 Å². The van der Waals surface area contributed by atoms with Crippen LogP contribution >= 0.6 is 0 Å². The molecule has 0 saturated heterocycles. The van der Waals surface area contributed by atoms with Crippen LogP contribution in [0.4, 0.5) is 0 Å². The summed E-state index contributed by atoms with van der Waals surface area (Å²) in [5.41, 5.74) is -2.14. The fraction of sp³-hybridized carbons (Fsp3) is 0.696. The number of esters is 1. The number of ether oxygens (including phenoxy) is 2. The first kappa shape index (κ1) is 21.0. The van der Waals surface area contributed by atoms with E-state index in [1.165, 1.54) is 26.4 Å². The van der Waals surface area contributed by atoms with Gasteiger partial charge in [0.1, 0.15) is 22.7 Å². The summed E-state index contributed by atoms with van der Waals surface area (Å²) in [5, 5.41) is 22.2. The number of unbranched alkanes of at least 4 members (excludes halogenated alkanes) is 3. The Morgan fingerprint density at radius 3 is 2.61 bits per heavy atom. The zero-order chi connectivity index (χ0) is 22.0. The van der Waals surface area contributed by atoms with Crippen molar-refractivity contribution in [2.75, 3.05) is 7.11 Å². The van der Waals surface area contributed by atoms with E-state index in [4.69, 9.17) is 10.8 Å². The minimum atomic E-state index is -1.90. The largest absolute Gasteiger partial charge is 0.507 e. The van der Waals surface area contributed by atoms with Gasteiger partial charge >= 0.3 is 5.97 Å². The minimum absolute atomic E-state index is 0.0905. The molecule has 5 nitrogen and oxygen atoms in total. The van der Waals surface area contributed by atoms with E-state index in [2.05, 4.69) is 20.8 Å². The molecule has 5 heteroatoms. The van der Waals surface area contributed by atoms with Crippen molar-refractivity contribution in [3.8, 4) is 11.5 Å². The molecule has 1 aromatic carbocycles. The molecule has 2 N–H and O–H groups in total. The fourth-order valence-electron chi connectivity index (χ4n) is 4.04. The third kappa shape index (κ3) is 4.99. The van der Waals surface area contributed by atoms with Gasteiger partial charge in [0.2, 0.25) is 0 Å². The van der Waals surface area contributed by atoms with E-state index in [-0.39, 0.29) is 16.7 Å². The Morgan fingerprint density at radius 2 is 2.00 bits per heavy atom. The van der Waals surface area contributed by atoms with Gasteiger partial charge in [0, 0.05) is 7.77 Å². The van der Waals surface area contributed by atoms with E-state index < -0.39 is 30.0 Å². The first-order valence-electron chi connectivity index (χ1n) is 10.7. The molecular formula is C23H36O5. The lowest BCUT2D eigenvalue weighted by molar-refractivity contribution is -0.150. The van der Waals surface area contributed by atoms with Crippen LogP contribution in [0.15, 0.2) is 12.1 Å². The Kier molecular flexibility index (Phi) is 6.23. The van der Waals surface area contributed by atoms with Crippen molar-refractivity contribution in [3.05, 3.63) is 23.3 Å². The van der Waals surface area contributed by atoms with E-state index in [0.717, 1.165) is 18.4 Å². The van der Waals surface area contributed by atoms with Gasteiger partial charge in [-0.1, -0.05) is 46.5 Å². The zero-order valence-corrected chi connectivity index (χ0v) is 18.1. The molecule has 2 unspecified atom stereocenters. The van der Waals surface area contributed by atoms with Gasteiger partial charge in [-0.25, -0.2) is 0 Å². The van der Waals surface area contributed by atoms with Crippen molar-refractivity contribution >= 4 is 5.97 Å².